The number of hydrogen-bond donors (Lipinski definition) is 1. The molecule has 0 spiro atoms. The van der Waals surface area contributed by atoms with Crippen molar-refractivity contribution >= 4 is 17.7 Å². The summed E-state index contributed by atoms with van der Waals surface area (Å²) in [5.74, 6) is 0.465. The second kappa shape index (κ2) is 8.52. The first kappa shape index (κ1) is 18.0. The molecule has 1 saturated carbocycles. The maximum atomic E-state index is 12.3. The molecule has 0 bridgehead atoms. The molecular weight excluding hydrogens is 332 g/mol. The molecule has 2 aromatic rings. The second-order valence-corrected chi connectivity index (χ2v) is 7.76. The minimum Gasteiger partial charge on any atom is -0.353 e. The molecule has 1 amide bonds. The fourth-order valence-corrected chi connectivity index (χ4v) is 4.12. The first-order chi connectivity index (χ1) is 12.1. The first-order valence-electron chi connectivity index (χ1n) is 9.03. The standard InChI is InChI=1S/C19H26N4OS/c1-14-9-10-17(15(2)11-14)23-13-20-22-19(23)25-12-18(24)21-16-7-5-3-4-6-8-16/h9-11,13,16H,3-8,12H2,1-2H3,(H,21,24). The zero-order valence-electron chi connectivity index (χ0n) is 15.0. The molecule has 0 saturated heterocycles. The van der Waals surface area contributed by atoms with Crippen LogP contribution in [-0.2, 0) is 4.79 Å². The molecule has 1 aliphatic carbocycles. The molecule has 1 aliphatic rings. The van der Waals surface area contributed by atoms with Crippen LogP contribution in [0.5, 0.6) is 0 Å². The molecule has 5 nitrogen and oxygen atoms in total. The predicted molar refractivity (Wildman–Crippen MR) is 101 cm³/mol. The highest BCUT2D eigenvalue weighted by Gasteiger charge is 2.16. The lowest BCUT2D eigenvalue weighted by Gasteiger charge is -2.16. The molecule has 1 aromatic carbocycles. The molecule has 1 aromatic heterocycles. The van der Waals surface area contributed by atoms with E-state index in [-0.39, 0.29) is 5.91 Å². The number of aromatic nitrogens is 3. The fraction of sp³-hybridized carbons (Fsp3) is 0.526. The summed E-state index contributed by atoms with van der Waals surface area (Å²) in [6.45, 7) is 4.16. The van der Waals surface area contributed by atoms with Crippen LogP contribution in [0.15, 0.2) is 29.7 Å². The third-order valence-electron chi connectivity index (χ3n) is 4.68. The minimum atomic E-state index is 0.0899. The summed E-state index contributed by atoms with van der Waals surface area (Å²) in [7, 11) is 0. The van der Waals surface area contributed by atoms with Crippen molar-refractivity contribution < 1.29 is 4.79 Å². The van der Waals surface area contributed by atoms with Crippen molar-refractivity contribution in [3.05, 3.63) is 35.7 Å². The van der Waals surface area contributed by atoms with Crippen molar-refractivity contribution in [2.45, 2.75) is 63.6 Å². The normalized spacial score (nSPS) is 15.8. The van der Waals surface area contributed by atoms with E-state index in [1.54, 1.807) is 6.33 Å². The van der Waals surface area contributed by atoms with E-state index in [1.807, 2.05) is 4.57 Å². The average Bonchev–Trinajstić information content (AvgIpc) is 2.89. The highest BCUT2D eigenvalue weighted by atomic mass is 32.2. The number of nitrogens with zero attached hydrogens (tertiary/aromatic N) is 3. The lowest BCUT2D eigenvalue weighted by Crippen LogP contribution is -2.35. The largest absolute Gasteiger partial charge is 0.353 e. The van der Waals surface area contributed by atoms with Gasteiger partial charge in [0, 0.05) is 6.04 Å². The minimum absolute atomic E-state index is 0.0899. The van der Waals surface area contributed by atoms with E-state index >= 15 is 0 Å². The summed E-state index contributed by atoms with van der Waals surface area (Å²) >= 11 is 1.44. The molecule has 1 N–H and O–H groups in total. The van der Waals surface area contributed by atoms with Crippen LogP contribution in [-0.4, -0.2) is 32.5 Å². The maximum absolute atomic E-state index is 12.3. The van der Waals surface area contributed by atoms with Gasteiger partial charge >= 0.3 is 0 Å². The lowest BCUT2D eigenvalue weighted by molar-refractivity contribution is -0.119. The van der Waals surface area contributed by atoms with Crippen LogP contribution in [0.25, 0.3) is 5.69 Å². The number of aryl methyl sites for hydroxylation is 2. The molecule has 0 radical (unpaired) electrons. The van der Waals surface area contributed by atoms with E-state index in [4.69, 9.17) is 0 Å². The Morgan fingerprint density at radius 2 is 2.00 bits per heavy atom. The number of nitrogens with one attached hydrogen (secondary N) is 1. The molecule has 1 heterocycles. The second-order valence-electron chi connectivity index (χ2n) is 6.82. The summed E-state index contributed by atoms with van der Waals surface area (Å²) in [5, 5.41) is 12.1. The topological polar surface area (TPSA) is 59.8 Å². The third kappa shape index (κ3) is 4.84. The van der Waals surface area contributed by atoms with Gasteiger partial charge in [-0.1, -0.05) is 55.1 Å². The molecule has 1 fully saturated rings. The Kier molecular flexibility index (Phi) is 6.13. The molecular formula is C19H26N4OS. The Balaban J connectivity index is 1.60. The van der Waals surface area contributed by atoms with Crippen LogP contribution in [0, 0.1) is 13.8 Å². The Morgan fingerprint density at radius 1 is 1.24 bits per heavy atom. The van der Waals surface area contributed by atoms with Crippen LogP contribution >= 0.6 is 11.8 Å². The lowest BCUT2D eigenvalue weighted by atomic mass is 10.1. The van der Waals surface area contributed by atoms with Crippen LogP contribution in [0.2, 0.25) is 0 Å². The summed E-state index contributed by atoms with van der Waals surface area (Å²) in [5.41, 5.74) is 3.46. The highest BCUT2D eigenvalue weighted by molar-refractivity contribution is 7.99. The number of amides is 1. The third-order valence-corrected chi connectivity index (χ3v) is 5.62. The van der Waals surface area contributed by atoms with Gasteiger partial charge in [0.05, 0.1) is 11.4 Å². The van der Waals surface area contributed by atoms with Gasteiger partial charge in [-0.15, -0.1) is 10.2 Å². The smallest absolute Gasteiger partial charge is 0.230 e. The van der Waals surface area contributed by atoms with E-state index < -0.39 is 0 Å². The van der Waals surface area contributed by atoms with Gasteiger partial charge in [0.25, 0.3) is 0 Å². The summed E-state index contributed by atoms with van der Waals surface area (Å²) in [6.07, 6.45) is 8.95. The van der Waals surface area contributed by atoms with E-state index in [2.05, 4.69) is 47.6 Å². The zero-order chi connectivity index (χ0) is 17.6. The quantitative estimate of drug-likeness (QED) is 0.652. The van der Waals surface area contributed by atoms with Crippen molar-refractivity contribution in [2.24, 2.45) is 0 Å². The Morgan fingerprint density at radius 3 is 2.72 bits per heavy atom. The van der Waals surface area contributed by atoms with Crippen LogP contribution in [0.1, 0.15) is 49.7 Å². The molecule has 0 atom stereocenters. The summed E-state index contributed by atoms with van der Waals surface area (Å²) in [4.78, 5) is 12.3. The van der Waals surface area contributed by atoms with Gasteiger partial charge in [-0.3, -0.25) is 9.36 Å². The van der Waals surface area contributed by atoms with Gasteiger partial charge in [-0.05, 0) is 38.3 Å². The van der Waals surface area contributed by atoms with E-state index in [0.29, 0.717) is 11.8 Å². The van der Waals surface area contributed by atoms with Crippen molar-refractivity contribution in [3.63, 3.8) is 0 Å². The van der Waals surface area contributed by atoms with Crippen molar-refractivity contribution in [2.75, 3.05) is 5.75 Å². The van der Waals surface area contributed by atoms with Gasteiger partial charge in [0.1, 0.15) is 6.33 Å². The Labute approximate surface area is 153 Å². The SMILES string of the molecule is Cc1ccc(-n2cnnc2SCC(=O)NC2CCCCCC2)c(C)c1. The maximum Gasteiger partial charge on any atom is 0.230 e. The number of thioether (sulfide) groups is 1. The number of hydrogen-bond acceptors (Lipinski definition) is 4. The zero-order valence-corrected chi connectivity index (χ0v) is 15.8. The molecule has 134 valence electrons. The predicted octanol–water partition coefficient (Wildman–Crippen LogP) is 3.82. The molecule has 0 aliphatic heterocycles. The van der Waals surface area contributed by atoms with Crippen LogP contribution < -0.4 is 5.32 Å². The molecule has 6 heteroatoms. The summed E-state index contributed by atoms with van der Waals surface area (Å²) < 4.78 is 1.96. The van der Waals surface area contributed by atoms with Gasteiger partial charge < -0.3 is 5.32 Å². The number of rotatable bonds is 5. The molecule has 25 heavy (non-hydrogen) atoms. The number of benzene rings is 1. The Bertz CT molecular complexity index is 720. The average molecular weight is 359 g/mol. The van der Waals surface area contributed by atoms with Crippen molar-refractivity contribution in [1.82, 2.24) is 20.1 Å². The van der Waals surface area contributed by atoms with Gasteiger partial charge in [-0.25, -0.2) is 0 Å². The Hall–Kier alpha value is -1.82. The van der Waals surface area contributed by atoms with Crippen molar-refractivity contribution in [3.8, 4) is 5.69 Å². The number of carbonyl (C=O) groups excluding carboxylic acids is 1. The van der Waals surface area contributed by atoms with Gasteiger partial charge in [0.2, 0.25) is 5.91 Å². The van der Waals surface area contributed by atoms with E-state index in [1.165, 1.54) is 48.6 Å². The van der Waals surface area contributed by atoms with Gasteiger partial charge in [0.15, 0.2) is 5.16 Å². The fourth-order valence-electron chi connectivity index (χ4n) is 3.39. The number of carbonyl (C=O) groups is 1. The van der Waals surface area contributed by atoms with Crippen LogP contribution in [0.3, 0.4) is 0 Å². The van der Waals surface area contributed by atoms with Gasteiger partial charge in [-0.2, -0.15) is 0 Å². The highest BCUT2D eigenvalue weighted by Crippen LogP contribution is 2.23. The van der Waals surface area contributed by atoms with Crippen LogP contribution in [0.4, 0.5) is 0 Å². The molecule has 3 rings (SSSR count). The first-order valence-corrected chi connectivity index (χ1v) is 10.0. The van der Waals surface area contributed by atoms with Crippen molar-refractivity contribution in [1.29, 1.82) is 0 Å². The molecule has 0 unspecified atom stereocenters. The van der Waals surface area contributed by atoms with E-state index in [0.717, 1.165) is 23.7 Å². The summed E-state index contributed by atoms with van der Waals surface area (Å²) in [6, 6.07) is 6.63. The van der Waals surface area contributed by atoms with E-state index in [9.17, 15) is 4.79 Å². The monoisotopic (exact) mass is 358 g/mol.